The predicted molar refractivity (Wildman–Crippen MR) is 119 cm³/mol. The number of nitrogens with zero attached hydrogens (tertiary/aromatic N) is 4. The molecule has 1 saturated heterocycles. The van der Waals surface area contributed by atoms with Crippen LogP contribution in [-0.2, 0) is 10.0 Å². The Morgan fingerprint density at radius 2 is 1.61 bits per heavy atom. The van der Waals surface area contributed by atoms with E-state index in [1.54, 1.807) is 27.9 Å². The van der Waals surface area contributed by atoms with E-state index in [-0.39, 0.29) is 23.9 Å². The number of hydrogen-bond donors (Lipinski definition) is 0. The summed E-state index contributed by atoms with van der Waals surface area (Å²) >= 11 is 5.86. The van der Waals surface area contributed by atoms with Crippen LogP contribution in [0.25, 0.3) is 5.69 Å². The zero-order valence-corrected chi connectivity index (χ0v) is 18.9. The molecule has 0 radical (unpaired) electrons. The number of halogens is 1. The topological polar surface area (TPSA) is 75.5 Å². The van der Waals surface area contributed by atoms with Crippen LogP contribution in [0.1, 0.15) is 21.6 Å². The molecule has 9 heteroatoms. The molecule has 1 aliphatic heterocycles. The Labute approximate surface area is 186 Å². The van der Waals surface area contributed by atoms with Crippen molar-refractivity contribution < 1.29 is 13.2 Å². The fraction of sp³-hybridized carbons (Fsp3) is 0.273. The molecule has 1 fully saturated rings. The maximum Gasteiger partial charge on any atom is 0.257 e. The Balaban J connectivity index is 1.48. The number of hydrogen-bond acceptors (Lipinski definition) is 4. The largest absolute Gasteiger partial charge is 0.336 e. The van der Waals surface area contributed by atoms with E-state index >= 15 is 0 Å². The quantitative estimate of drug-likeness (QED) is 0.601. The number of carbonyl (C=O) groups is 1. The molecule has 1 amide bonds. The van der Waals surface area contributed by atoms with Gasteiger partial charge in [-0.3, -0.25) is 4.79 Å². The zero-order valence-electron chi connectivity index (χ0n) is 17.3. The van der Waals surface area contributed by atoms with Gasteiger partial charge in [0.05, 0.1) is 28.0 Å². The molecule has 2 aromatic carbocycles. The molecular weight excluding hydrogens is 436 g/mol. The van der Waals surface area contributed by atoms with Crippen LogP contribution in [0.15, 0.2) is 59.6 Å². The summed E-state index contributed by atoms with van der Waals surface area (Å²) in [4.78, 5) is 15.0. The highest BCUT2D eigenvalue weighted by atomic mass is 35.5. The van der Waals surface area contributed by atoms with Crippen molar-refractivity contribution in [2.24, 2.45) is 0 Å². The minimum Gasteiger partial charge on any atom is -0.336 e. The molecular formula is C22H23ClN4O3S. The average molecular weight is 459 g/mol. The van der Waals surface area contributed by atoms with Crippen LogP contribution >= 0.6 is 11.6 Å². The summed E-state index contributed by atoms with van der Waals surface area (Å²) in [5.74, 6) is -0.138. The Bertz CT molecular complexity index is 1210. The van der Waals surface area contributed by atoms with E-state index in [4.69, 9.17) is 11.6 Å². The lowest BCUT2D eigenvalue weighted by molar-refractivity contribution is 0.0697. The van der Waals surface area contributed by atoms with Crippen LogP contribution < -0.4 is 0 Å². The van der Waals surface area contributed by atoms with Gasteiger partial charge < -0.3 is 4.90 Å². The van der Waals surface area contributed by atoms with Crippen LogP contribution in [-0.4, -0.2) is 59.5 Å². The van der Waals surface area contributed by atoms with Gasteiger partial charge in [0.1, 0.15) is 0 Å². The molecule has 162 valence electrons. The maximum absolute atomic E-state index is 13.1. The number of sulfonamides is 1. The molecule has 0 atom stereocenters. The lowest BCUT2D eigenvalue weighted by atomic mass is 10.2. The van der Waals surface area contributed by atoms with Gasteiger partial charge in [0.15, 0.2) is 0 Å². The molecule has 0 N–H and O–H groups in total. The fourth-order valence-electron chi connectivity index (χ4n) is 3.72. The summed E-state index contributed by atoms with van der Waals surface area (Å²) in [6, 6.07) is 14.0. The Kier molecular flexibility index (Phi) is 5.88. The van der Waals surface area contributed by atoms with Crippen molar-refractivity contribution in [3.05, 3.63) is 76.6 Å². The summed E-state index contributed by atoms with van der Waals surface area (Å²) in [7, 11) is -3.62. The van der Waals surface area contributed by atoms with Gasteiger partial charge in [-0.1, -0.05) is 29.8 Å². The highest BCUT2D eigenvalue weighted by Gasteiger charge is 2.31. The number of aromatic nitrogens is 2. The second-order valence-electron chi connectivity index (χ2n) is 7.49. The molecule has 3 aromatic rings. The van der Waals surface area contributed by atoms with E-state index in [0.29, 0.717) is 23.7 Å². The van der Waals surface area contributed by atoms with E-state index in [1.807, 2.05) is 38.1 Å². The number of benzene rings is 2. The number of rotatable bonds is 4. The summed E-state index contributed by atoms with van der Waals surface area (Å²) in [6.45, 7) is 4.98. The van der Waals surface area contributed by atoms with Crippen LogP contribution in [0, 0.1) is 13.8 Å². The first-order chi connectivity index (χ1) is 14.8. The van der Waals surface area contributed by atoms with Crippen molar-refractivity contribution in [3.63, 3.8) is 0 Å². The van der Waals surface area contributed by atoms with E-state index in [2.05, 4.69) is 5.10 Å². The van der Waals surface area contributed by atoms with Crippen molar-refractivity contribution in [1.29, 1.82) is 0 Å². The summed E-state index contributed by atoms with van der Waals surface area (Å²) in [5, 5.41) is 4.90. The van der Waals surface area contributed by atoms with E-state index in [1.165, 1.54) is 16.4 Å². The van der Waals surface area contributed by atoms with Gasteiger partial charge >= 0.3 is 0 Å². The van der Waals surface area contributed by atoms with Crippen LogP contribution in [0.3, 0.4) is 0 Å². The van der Waals surface area contributed by atoms with Crippen molar-refractivity contribution in [3.8, 4) is 5.69 Å². The number of amides is 1. The van der Waals surface area contributed by atoms with Crippen molar-refractivity contribution in [2.75, 3.05) is 26.2 Å². The van der Waals surface area contributed by atoms with Crippen LogP contribution in [0.5, 0.6) is 0 Å². The van der Waals surface area contributed by atoms with Gasteiger partial charge in [0.25, 0.3) is 5.91 Å². The number of aryl methyl sites for hydroxylation is 1. The van der Waals surface area contributed by atoms with Gasteiger partial charge in [0.2, 0.25) is 10.0 Å². The third-order valence-electron chi connectivity index (χ3n) is 5.56. The van der Waals surface area contributed by atoms with Crippen molar-refractivity contribution in [2.45, 2.75) is 18.7 Å². The molecule has 0 unspecified atom stereocenters. The normalized spacial score (nSPS) is 15.3. The smallest absolute Gasteiger partial charge is 0.257 e. The van der Waals surface area contributed by atoms with Crippen LogP contribution in [0.2, 0.25) is 5.02 Å². The van der Waals surface area contributed by atoms with Crippen molar-refractivity contribution in [1.82, 2.24) is 19.0 Å². The zero-order chi connectivity index (χ0) is 22.2. The molecule has 2 heterocycles. The molecule has 1 aliphatic rings. The second kappa shape index (κ2) is 8.45. The molecule has 0 saturated carbocycles. The molecule has 4 rings (SSSR count). The number of piperazine rings is 1. The average Bonchev–Trinajstić information content (AvgIpc) is 3.15. The fourth-order valence-corrected chi connectivity index (χ4v) is 5.27. The van der Waals surface area contributed by atoms with Gasteiger partial charge in [-0.2, -0.15) is 9.40 Å². The highest BCUT2D eigenvalue weighted by molar-refractivity contribution is 7.89. The molecule has 1 aromatic heterocycles. The predicted octanol–water partition coefficient (Wildman–Crippen LogP) is 3.29. The lowest BCUT2D eigenvalue weighted by Gasteiger charge is -2.34. The molecule has 0 aliphatic carbocycles. The maximum atomic E-state index is 13.1. The second-order valence-corrected chi connectivity index (χ2v) is 9.87. The van der Waals surface area contributed by atoms with Crippen molar-refractivity contribution >= 4 is 27.5 Å². The van der Waals surface area contributed by atoms with Gasteiger partial charge in [-0.25, -0.2) is 13.1 Å². The molecule has 0 spiro atoms. The van der Waals surface area contributed by atoms with E-state index < -0.39 is 10.0 Å². The first-order valence-electron chi connectivity index (χ1n) is 9.94. The molecule has 0 bridgehead atoms. The SMILES string of the molecule is Cc1ccccc1-n1ncc(C(=O)N2CCN(S(=O)(=O)c3ccc(Cl)cc3)CC2)c1C. The van der Waals surface area contributed by atoms with Gasteiger partial charge in [-0.05, 0) is 49.7 Å². The molecule has 7 nitrogen and oxygen atoms in total. The third-order valence-corrected chi connectivity index (χ3v) is 7.73. The van der Waals surface area contributed by atoms with E-state index in [0.717, 1.165) is 16.9 Å². The highest BCUT2D eigenvalue weighted by Crippen LogP contribution is 2.22. The summed E-state index contributed by atoms with van der Waals surface area (Å²) in [6.07, 6.45) is 1.58. The van der Waals surface area contributed by atoms with Gasteiger partial charge in [-0.15, -0.1) is 0 Å². The minimum atomic E-state index is -3.62. The Morgan fingerprint density at radius 1 is 0.968 bits per heavy atom. The molecule has 31 heavy (non-hydrogen) atoms. The number of para-hydroxylation sites is 1. The Morgan fingerprint density at radius 3 is 2.26 bits per heavy atom. The standard InChI is InChI=1S/C22H23ClN4O3S/c1-16-5-3-4-6-21(16)27-17(2)20(15-24-27)22(28)25-11-13-26(14-12-25)31(29,30)19-9-7-18(23)8-10-19/h3-10,15H,11-14H2,1-2H3. The van der Waals surface area contributed by atoms with Gasteiger partial charge in [0, 0.05) is 31.2 Å². The third kappa shape index (κ3) is 4.11. The number of carbonyl (C=O) groups excluding carboxylic acids is 1. The minimum absolute atomic E-state index is 0.138. The lowest BCUT2D eigenvalue weighted by Crippen LogP contribution is -2.50. The Hall–Kier alpha value is -2.68. The van der Waals surface area contributed by atoms with E-state index in [9.17, 15) is 13.2 Å². The summed E-state index contributed by atoms with van der Waals surface area (Å²) < 4.78 is 28.9. The first kappa shape index (κ1) is 21.5. The van der Waals surface area contributed by atoms with Crippen LogP contribution in [0.4, 0.5) is 0 Å². The monoisotopic (exact) mass is 458 g/mol. The first-order valence-corrected chi connectivity index (χ1v) is 11.8. The summed E-state index contributed by atoms with van der Waals surface area (Å²) in [5.41, 5.74) is 3.28.